The molecule has 18 heavy (non-hydrogen) atoms. The van der Waals surface area contributed by atoms with Crippen LogP contribution >= 0.6 is 11.8 Å². The molecule has 0 aliphatic carbocycles. The molecule has 0 amide bonds. The number of hydrogen-bond donors (Lipinski definition) is 1. The van der Waals surface area contributed by atoms with E-state index in [9.17, 15) is 0 Å². The quantitative estimate of drug-likeness (QED) is 0.699. The lowest BCUT2D eigenvalue weighted by Gasteiger charge is -2.13. The molecule has 0 aliphatic heterocycles. The number of nitrogens with one attached hydrogen (secondary N) is 1. The normalized spacial score (nSPS) is 11.4. The molecule has 1 N–H and O–H groups in total. The molecule has 1 heterocycles. The van der Waals surface area contributed by atoms with Crippen molar-refractivity contribution < 1.29 is 4.42 Å². The van der Waals surface area contributed by atoms with Crippen molar-refractivity contribution in [2.75, 3.05) is 32.1 Å². The van der Waals surface area contributed by atoms with Gasteiger partial charge in [0.2, 0.25) is 0 Å². The molecule has 3 nitrogen and oxygen atoms in total. The Morgan fingerprint density at radius 2 is 2.22 bits per heavy atom. The van der Waals surface area contributed by atoms with Crippen molar-refractivity contribution in [3.8, 4) is 0 Å². The summed E-state index contributed by atoms with van der Waals surface area (Å²) in [5, 5.41) is 3.42. The third kappa shape index (κ3) is 5.46. The molecule has 0 saturated carbocycles. The first-order valence-electron chi connectivity index (χ1n) is 6.63. The number of aryl methyl sites for hydroxylation is 1. The highest BCUT2D eigenvalue weighted by Gasteiger charge is 2.09. The Morgan fingerprint density at radius 1 is 1.44 bits per heavy atom. The van der Waals surface area contributed by atoms with E-state index in [4.69, 9.17) is 4.42 Å². The molecular formula is C14H26N2OS. The first-order valence-corrected chi connectivity index (χ1v) is 8.03. The molecule has 1 aromatic heterocycles. The number of nitrogens with zero attached hydrogens (tertiary/aromatic N) is 1. The van der Waals surface area contributed by atoms with E-state index in [1.165, 1.54) is 17.7 Å². The summed E-state index contributed by atoms with van der Waals surface area (Å²) in [6.45, 7) is 8.21. The Balaban J connectivity index is 2.44. The first kappa shape index (κ1) is 15.6. The second-order valence-corrected chi connectivity index (χ2v) is 5.69. The summed E-state index contributed by atoms with van der Waals surface area (Å²) in [7, 11) is 2.14. The van der Waals surface area contributed by atoms with Crippen LogP contribution in [0.1, 0.15) is 30.4 Å². The van der Waals surface area contributed by atoms with Crippen LogP contribution < -0.4 is 5.32 Å². The summed E-state index contributed by atoms with van der Waals surface area (Å²) >= 11 is 1.88. The van der Waals surface area contributed by atoms with Crippen molar-refractivity contribution >= 4 is 11.8 Å². The van der Waals surface area contributed by atoms with Gasteiger partial charge in [-0.15, -0.1) is 0 Å². The SMILES string of the molecule is CCCNCc1cc(CN(C)CCSC)oc1C. The van der Waals surface area contributed by atoms with Crippen molar-refractivity contribution in [1.82, 2.24) is 10.2 Å². The average molecular weight is 270 g/mol. The van der Waals surface area contributed by atoms with Crippen LogP contribution in [0.4, 0.5) is 0 Å². The highest BCUT2D eigenvalue weighted by molar-refractivity contribution is 7.98. The molecule has 1 aromatic rings. The van der Waals surface area contributed by atoms with Gasteiger partial charge in [0.25, 0.3) is 0 Å². The summed E-state index contributed by atoms with van der Waals surface area (Å²) in [5.41, 5.74) is 1.29. The fraction of sp³-hybridized carbons (Fsp3) is 0.714. The van der Waals surface area contributed by atoms with Crippen LogP contribution in [-0.2, 0) is 13.1 Å². The van der Waals surface area contributed by atoms with Gasteiger partial charge in [0.15, 0.2) is 0 Å². The highest BCUT2D eigenvalue weighted by Crippen LogP contribution is 2.16. The highest BCUT2D eigenvalue weighted by atomic mass is 32.2. The zero-order chi connectivity index (χ0) is 13.4. The molecule has 1 rings (SSSR count). The molecule has 0 atom stereocenters. The molecule has 0 aliphatic rings. The largest absolute Gasteiger partial charge is 0.465 e. The number of furan rings is 1. The van der Waals surface area contributed by atoms with E-state index in [1.807, 2.05) is 18.7 Å². The lowest BCUT2D eigenvalue weighted by Crippen LogP contribution is -2.20. The van der Waals surface area contributed by atoms with E-state index in [1.54, 1.807) is 0 Å². The molecule has 0 saturated heterocycles. The van der Waals surface area contributed by atoms with Gasteiger partial charge < -0.3 is 9.73 Å². The Bertz CT molecular complexity index is 339. The maximum atomic E-state index is 5.81. The minimum Gasteiger partial charge on any atom is -0.465 e. The Morgan fingerprint density at radius 3 is 2.89 bits per heavy atom. The fourth-order valence-electron chi connectivity index (χ4n) is 1.83. The third-order valence-corrected chi connectivity index (χ3v) is 3.51. The standard InChI is InChI=1S/C14H26N2OS/c1-5-6-15-10-13-9-14(17-12(13)2)11-16(3)7-8-18-4/h9,15H,5-8,10-11H2,1-4H3. The van der Waals surface area contributed by atoms with Crippen LogP contribution in [-0.4, -0.2) is 37.0 Å². The number of rotatable bonds is 9. The molecule has 0 bridgehead atoms. The lowest BCUT2D eigenvalue weighted by molar-refractivity contribution is 0.308. The lowest BCUT2D eigenvalue weighted by atomic mass is 10.2. The van der Waals surface area contributed by atoms with Gasteiger partial charge in [-0.2, -0.15) is 11.8 Å². The second kappa shape index (κ2) is 8.62. The second-order valence-electron chi connectivity index (χ2n) is 4.70. The summed E-state index contributed by atoms with van der Waals surface area (Å²) in [6, 6.07) is 2.19. The summed E-state index contributed by atoms with van der Waals surface area (Å²) in [6.07, 6.45) is 3.31. The molecule has 0 unspecified atom stereocenters. The first-order chi connectivity index (χ1) is 8.67. The maximum absolute atomic E-state index is 5.81. The van der Waals surface area contributed by atoms with Gasteiger partial charge in [0.05, 0.1) is 6.54 Å². The van der Waals surface area contributed by atoms with Crippen LogP contribution in [0, 0.1) is 6.92 Å². The van der Waals surface area contributed by atoms with Crippen molar-refractivity contribution in [3.63, 3.8) is 0 Å². The topological polar surface area (TPSA) is 28.4 Å². The summed E-state index contributed by atoms with van der Waals surface area (Å²) < 4.78 is 5.81. The van der Waals surface area contributed by atoms with Gasteiger partial charge in [0, 0.05) is 24.4 Å². The van der Waals surface area contributed by atoms with Gasteiger partial charge in [-0.3, -0.25) is 4.90 Å². The fourth-order valence-corrected chi connectivity index (χ4v) is 2.33. The average Bonchev–Trinajstić information content (AvgIpc) is 2.67. The smallest absolute Gasteiger partial charge is 0.118 e. The van der Waals surface area contributed by atoms with Crippen molar-refractivity contribution in [1.29, 1.82) is 0 Å². The van der Waals surface area contributed by atoms with Gasteiger partial charge in [-0.05, 0) is 39.3 Å². The van der Waals surface area contributed by atoms with Crippen molar-refractivity contribution in [2.24, 2.45) is 0 Å². The molecular weight excluding hydrogens is 244 g/mol. The van der Waals surface area contributed by atoms with Gasteiger partial charge in [-0.25, -0.2) is 0 Å². The van der Waals surface area contributed by atoms with Gasteiger partial charge in [0.1, 0.15) is 11.5 Å². The van der Waals surface area contributed by atoms with Gasteiger partial charge >= 0.3 is 0 Å². The van der Waals surface area contributed by atoms with E-state index >= 15 is 0 Å². The number of thioether (sulfide) groups is 1. The van der Waals surface area contributed by atoms with Crippen molar-refractivity contribution in [2.45, 2.75) is 33.4 Å². The minimum absolute atomic E-state index is 0.898. The van der Waals surface area contributed by atoms with Gasteiger partial charge in [-0.1, -0.05) is 6.92 Å². The van der Waals surface area contributed by atoms with E-state index in [0.717, 1.165) is 37.7 Å². The van der Waals surface area contributed by atoms with Crippen LogP contribution in [0.15, 0.2) is 10.5 Å². The van der Waals surface area contributed by atoms with Crippen LogP contribution in [0.3, 0.4) is 0 Å². The third-order valence-electron chi connectivity index (χ3n) is 2.92. The molecule has 4 heteroatoms. The maximum Gasteiger partial charge on any atom is 0.118 e. The summed E-state index contributed by atoms with van der Waals surface area (Å²) in [5.74, 6) is 3.29. The van der Waals surface area contributed by atoms with E-state index in [-0.39, 0.29) is 0 Å². The molecule has 104 valence electrons. The Labute approximate surface area is 115 Å². The zero-order valence-corrected chi connectivity index (χ0v) is 12.9. The summed E-state index contributed by atoms with van der Waals surface area (Å²) in [4.78, 5) is 2.30. The van der Waals surface area contributed by atoms with Crippen LogP contribution in [0.5, 0.6) is 0 Å². The predicted octanol–water partition coefficient (Wildman–Crippen LogP) is 2.88. The molecule has 0 aromatic carbocycles. The number of hydrogen-bond acceptors (Lipinski definition) is 4. The van der Waals surface area contributed by atoms with E-state index in [2.05, 4.69) is 36.5 Å². The van der Waals surface area contributed by atoms with E-state index < -0.39 is 0 Å². The van der Waals surface area contributed by atoms with E-state index in [0.29, 0.717) is 0 Å². The minimum atomic E-state index is 0.898. The zero-order valence-electron chi connectivity index (χ0n) is 12.1. The molecule has 0 radical (unpaired) electrons. The van der Waals surface area contributed by atoms with Crippen molar-refractivity contribution in [3.05, 3.63) is 23.2 Å². The molecule has 0 fully saturated rings. The Kier molecular flexibility index (Phi) is 7.47. The predicted molar refractivity (Wildman–Crippen MR) is 80.2 cm³/mol. The Hall–Kier alpha value is -0.450. The molecule has 0 spiro atoms. The monoisotopic (exact) mass is 270 g/mol. The van der Waals surface area contributed by atoms with Crippen LogP contribution in [0.25, 0.3) is 0 Å². The van der Waals surface area contributed by atoms with Crippen LogP contribution in [0.2, 0.25) is 0 Å².